The maximum atomic E-state index is 13.8. The minimum Gasteiger partial charge on any atom is -0.508 e. The monoisotopic (exact) mass is 273 g/mol. The molecule has 0 aliphatic rings. The van der Waals surface area contributed by atoms with E-state index in [1.165, 1.54) is 17.2 Å². The molecule has 0 amide bonds. The van der Waals surface area contributed by atoms with E-state index in [0.717, 1.165) is 6.07 Å². The van der Waals surface area contributed by atoms with Crippen LogP contribution in [0.1, 0.15) is 42.6 Å². The van der Waals surface area contributed by atoms with Crippen molar-refractivity contribution in [1.82, 2.24) is 5.32 Å². The normalized spacial score (nSPS) is 14.0. The smallest absolute Gasteiger partial charge is 0.131 e. The molecule has 2 rings (SSSR count). The van der Waals surface area contributed by atoms with Crippen molar-refractivity contribution in [3.05, 3.63) is 65.0 Å². The highest BCUT2D eigenvalue weighted by atomic mass is 19.1. The molecule has 0 fully saturated rings. The third kappa shape index (κ3) is 3.17. The highest BCUT2D eigenvalue weighted by Gasteiger charge is 2.15. The lowest BCUT2D eigenvalue weighted by molar-refractivity contribution is 0.454. The van der Waals surface area contributed by atoms with Gasteiger partial charge in [-0.15, -0.1) is 0 Å². The summed E-state index contributed by atoms with van der Waals surface area (Å²) in [5.74, 6) is -0.438. The number of aryl methyl sites for hydroxylation is 1. The van der Waals surface area contributed by atoms with E-state index >= 15 is 0 Å². The van der Waals surface area contributed by atoms with Crippen LogP contribution in [0.25, 0.3) is 0 Å². The van der Waals surface area contributed by atoms with Crippen LogP contribution in [0.15, 0.2) is 42.5 Å². The molecular weight excluding hydrogens is 253 g/mol. The second-order valence-electron chi connectivity index (χ2n) is 5.17. The average molecular weight is 273 g/mol. The van der Waals surface area contributed by atoms with Gasteiger partial charge in [0.25, 0.3) is 0 Å². The molecule has 20 heavy (non-hydrogen) atoms. The van der Waals surface area contributed by atoms with Gasteiger partial charge in [-0.1, -0.05) is 30.3 Å². The van der Waals surface area contributed by atoms with E-state index in [1.54, 1.807) is 6.07 Å². The Morgan fingerprint density at radius 1 is 1.00 bits per heavy atom. The van der Waals surface area contributed by atoms with Crippen molar-refractivity contribution in [2.75, 3.05) is 0 Å². The molecule has 0 radical (unpaired) electrons. The van der Waals surface area contributed by atoms with E-state index in [0.29, 0.717) is 5.56 Å². The highest BCUT2D eigenvalue weighted by molar-refractivity contribution is 5.31. The largest absolute Gasteiger partial charge is 0.508 e. The molecule has 0 aliphatic carbocycles. The summed E-state index contributed by atoms with van der Waals surface area (Å²) in [6, 6.07) is 12.4. The minimum atomic E-state index is -0.387. The lowest BCUT2D eigenvalue weighted by Crippen LogP contribution is -2.23. The Labute approximate surface area is 119 Å². The topological polar surface area (TPSA) is 32.3 Å². The zero-order valence-corrected chi connectivity index (χ0v) is 12.0. The van der Waals surface area contributed by atoms with Gasteiger partial charge in [0.05, 0.1) is 0 Å². The standard InChI is InChI=1S/C17H20FNO/c1-11-6-4-5-7-15(11)12(2)19-13(3)16-9-8-14(20)10-17(16)18/h4-10,12-13,19-20H,1-3H3. The van der Waals surface area contributed by atoms with Gasteiger partial charge in [0.15, 0.2) is 0 Å². The van der Waals surface area contributed by atoms with Crippen LogP contribution in [-0.4, -0.2) is 5.11 Å². The fraction of sp³-hybridized carbons (Fsp3) is 0.294. The predicted molar refractivity (Wildman–Crippen MR) is 79.2 cm³/mol. The molecule has 2 aromatic carbocycles. The van der Waals surface area contributed by atoms with Gasteiger partial charge in [0.1, 0.15) is 11.6 Å². The lowest BCUT2D eigenvalue weighted by atomic mass is 10.0. The Bertz CT molecular complexity index is 597. The Morgan fingerprint density at radius 3 is 2.30 bits per heavy atom. The van der Waals surface area contributed by atoms with Gasteiger partial charge in [-0.3, -0.25) is 0 Å². The molecule has 2 atom stereocenters. The van der Waals surface area contributed by atoms with Crippen LogP contribution in [-0.2, 0) is 0 Å². The summed E-state index contributed by atoms with van der Waals surface area (Å²) in [6.07, 6.45) is 0. The first-order chi connectivity index (χ1) is 9.49. The molecule has 0 aliphatic heterocycles. The van der Waals surface area contributed by atoms with Crippen molar-refractivity contribution in [2.24, 2.45) is 0 Å². The fourth-order valence-electron chi connectivity index (χ4n) is 2.49. The number of phenols is 1. The van der Waals surface area contributed by atoms with E-state index in [4.69, 9.17) is 0 Å². The van der Waals surface area contributed by atoms with Crippen molar-refractivity contribution in [3.8, 4) is 5.75 Å². The SMILES string of the molecule is Cc1ccccc1C(C)NC(C)c1ccc(O)cc1F. The molecule has 0 heterocycles. The maximum Gasteiger partial charge on any atom is 0.131 e. The third-order valence-electron chi connectivity index (χ3n) is 3.61. The number of halogens is 1. The first-order valence-electron chi connectivity index (χ1n) is 6.79. The summed E-state index contributed by atoms with van der Waals surface area (Å²) in [4.78, 5) is 0. The molecule has 106 valence electrons. The van der Waals surface area contributed by atoms with Crippen LogP contribution in [0, 0.1) is 12.7 Å². The number of phenolic OH excluding ortho intramolecular Hbond substituents is 1. The van der Waals surface area contributed by atoms with Crippen LogP contribution in [0.5, 0.6) is 5.75 Å². The number of aromatic hydroxyl groups is 1. The Balaban J connectivity index is 2.15. The summed E-state index contributed by atoms with van der Waals surface area (Å²) >= 11 is 0. The van der Waals surface area contributed by atoms with Gasteiger partial charge >= 0.3 is 0 Å². The first kappa shape index (κ1) is 14.5. The van der Waals surface area contributed by atoms with Crippen molar-refractivity contribution in [1.29, 1.82) is 0 Å². The third-order valence-corrected chi connectivity index (χ3v) is 3.61. The number of hydrogen-bond donors (Lipinski definition) is 2. The second kappa shape index (κ2) is 6.06. The van der Waals surface area contributed by atoms with Gasteiger partial charge in [-0.25, -0.2) is 4.39 Å². The van der Waals surface area contributed by atoms with Gasteiger partial charge in [0.2, 0.25) is 0 Å². The number of hydrogen-bond acceptors (Lipinski definition) is 2. The Hall–Kier alpha value is -1.87. The molecule has 0 aromatic heterocycles. The molecule has 2 N–H and O–H groups in total. The van der Waals surface area contributed by atoms with E-state index < -0.39 is 0 Å². The molecule has 0 spiro atoms. The Kier molecular flexibility index (Phi) is 4.40. The molecule has 2 nitrogen and oxygen atoms in total. The van der Waals surface area contributed by atoms with E-state index in [2.05, 4.69) is 31.3 Å². The second-order valence-corrected chi connectivity index (χ2v) is 5.17. The van der Waals surface area contributed by atoms with Gasteiger partial charge in [-0.05, 0) is 38.0 Å². The molecule has 0 saturated heterocycles. The average Bonchev–Trinajstić information content (AvgIpc) is 2.38. The minimum absolute atomic E-state index is 0.0506. The molecule has 0 bridgehead atoms. The zero-order chi connectivity index (χ0) is 14.7. The van der Waals surface area contributed by atoms with Crippen LogP contribution < -0.4 is 5.32 Å². The summed E-state index contributed by atoms with van der Waals surface area (Å²) in [5, 5.41) is 12.6. The number of nitrogens with one attached hydrogen (secondary N) is 1. The van der Waals surface area contributed by atoms with Crippen LogP contribution in [0.4, 0.5) is 4.39 Å². The van der Waals surface area contributed by atoms with E-state index in [1.807, 2.05) is 19.1 Å². The first-order valence-corrected chi connectivity index (χ1v) is 6.79. The number of rotatable bonds is 4. The van der Waals surface area contributed by atoms with Crippen molar-refractivity contribution in [3.63, 3.8) is 0 Å². The molecular formula is C17H20FNO. The quantitative estimate of drug-likeness (QED) is 0.872. The van der Waals surface area contributed by atoms with Gasteiger partial charge in [-0.2, -0.15) is 0 Å². The zero-order valence-electron chi connectivity index (χ0n) is 12.0. The fourth-order valence-corrected chi connectivity index (χ4v) is 2.49. The van der Waals surface area contributed by atoms with Crippen LogP contribution >= 0.6 is 0 Å². The summed E-state index contributed by atoms with van der Waals surface area (Å²) in [7, 11) is 0. The van der Waals surface area contributed by atoms with Gasteiger partial charge in [0, 0.05) is 23.7 Å². The van der Waals surface area contributed by atoms with Crippen LogP contribution in [0.2, 0.25) is 0 Å². The molecule has 2 aromatic rings. The van der Waals surface area contributed by atoms with Gasteiger partial charge < -0.3 is 10.4 Å². The summed E-state index contributed by atoms with van der Waals surface area (Å²) in [5.41, 5.74) is 2.98. The van der Waals surface area contributed by atoms with Crippen molar-refractivity contribution < 1.29 is 9.50 Å². The lowest BCUT2D eigenvalue weighted by Gasteiger charge is -2.22. The predicted octanol–water partition coefficient (Wildman–Crippen LogP) is 4.25. The van der Waals surface area contributed by atoms with Crippen molar-refractivity contribution >= 4 is 0 Å². The van der Waals surface area contributed by atoms with Crippen LogP contribution in [0.3, 0.4) is 0 Å². The molecule has 0 saturated carbocycles. The maximum absolute atomic E-state index is 13.8. The Morgan fingerprint density at radius 2 is 1.65 bits per heavy atom. The summed E-state index contributed by atoms with van der Waals surface area (Å²) < 4.78 is 13.8. The highest BCUT2D eigenvalue weighted by Crippen LogP contribution is 2.25. The number of benzene rings is 2. The van der Waals surface area contributed by atoms with Crippen molar-refractivity contribution in [2.45, 2.75) is 32.9 Å². The summed E-state index contributed by atoms with van der Waals surface area (Å²) in [6.45, 7) is 6.06. The van der Waals surface area contributed by atoms with E-state index in [9.17, 15) is 9.50 Å². The van der Waals surface area contributed by atoms with E-state index in [-0.39, 0.29) is 23.7 Å². The molecule has 3 heteroatoms. The molecule has 2 unspecified atom stereocenters.